The number of thiophene rings is 1. The first kappa shape index (κ1) is 18.0. The summed E-state index contributed by atoms with van der Waals surface area (Å²) in [5.41, 5.74) is 1.46. The molecule has 0 unspecified atom stereocenters. The van der Waals surface area contributed by atoms with Crippen molar-refractivity contribution < 1.29 is 28.3 Å². The maximum atomic E-state index is 12.3. The van der Waals surface area contributed by atoms with Crippen LogP contribution in [-0.2, 0) is 11.2 Å². The largest absolute Gasteiger partial charge is 0.493 e. The molecular formula is C20H15NO6S. The lowest BCUT2D eigenvalue weighted by atomic mass is 10.1. The Labute approximate surface area is 163 Å². The molecule has 0 spiro atoms. The van der Waals surface area contributed by atoms with Gasteiger partial charge in [-0.25, -0.2) is 4.79 Å². The number of fused-ring (bicyclic) bond motifs is 1. The molecule has 0 saturated heterocycles. The molecule has 3 aromatic rings. The van der Waals surface area contributed by atoms with Gasteiger partial charge in [-0.3, -0.25) is 9.59 Å². The highest BCUT2D eigenvalue weighted by Crippen LogP contribution is 2.26. The number of benzene rings is 1. The lowest BCUT2D eigenvalue weighted by Crippen LogP contribution is -2.13. The maximum Gasteiger partial charge on any atom is 0.348 e. The van der Waals surface area contributed by atoms with Crippen molar-refractivity contribution in [3.63, 3.8) is 0 Å². The Hall–Kier alpha value is -3.39. The molecule has 7 nitrogen and oxygen atoms in total. The number of carbonyl (C=O) groups is 3. The Kier molecular flexibility index (Phi) is 4.94. The number of nitrogens with one attached hydrogen (secondary N) is 1. The summed E-state index contributed by atoms with van der Waals surface area (Å²) < 4.78 is 15.5. The fourth-order valence-corrected chi connectivity index (χ4v) is 3.54. The fraction of sp³-hybridized carbons (Fsp3) is 0.150. The van der Waals surface area contributed by atoms with Crippen molar-refractivity contribution in [3.05, 3.63) is 70.5 Å². The SMILES string of the molecule is O=C(COC(=O)c1ccc(NC(=O)c2ccco2)s1)c1ccc2c(c1)CCO2. The van der Waals surface area contributed by atoms with E-state index >= 15 is 0 Å². The number of furan rings is 1. The fourth-order valence-electron chi connectivity index (χ4n) is 2.74. The first-order valence-corrected chi connectivity index (χ1v) is 9.32. The molecule has 1 amide bonds. The van der Waals surface area contributed by atoms with Crippen LogP contribution in [0.4, 0.5) is 5.00 Å². The van der Waals surface area contributed by atoms with Crippen LogP contribution >= 0.6 is 11.3 Å². The third-order valence-electron chi connectivity index (χ3n) is 4.13. The predicted octanol–water partition coefficient (Wildman–Crippen LogP) is 3.57. The zero-order valence-electron chi connectivity index (χ0n) is 14.6. The second-order valence-corrected chi connectivity index (χ2v) is 7.10. The molecule has 0 saturated carbocycles. The number of amides is 1. The van der Waals surface area contributed by atoms with Gasteiger partial charge in [0.2, 0.25) is 0 Å². The van der Waals surface area contributed by atoms with Crippen LogP contribution in [0, 0.1) is 0 Å². The van der Waals surface area contributed by atoms with E-state index in [1.807, 2.05) is 0 Å². The van der Waals surface area contributed by atoms with Crippen molar-refractivity contribution in [2.75, 3.05) is 18.5 Å². The van der Waals surface area contributed by atoms with Crippen LogP contribution < -0.4 is 10.1 Å². The zero-order chi connectivity index (χ0) is 19.5. The highest BCUT2D eigenvalue weighted by Gasteiger charge is 2.18. The van der Waals surface area contributed by atoms with E-state index in [0.717, 1.165) is 29.1 Å². The normalized spacial score (nSPS) is 12.1. The Balaban J connectivity index is 1.33. The van der Waals surface area contributed by atoms with Crippen molar-refractivity contribution >= 4 is 34.0 Å². The number of ether oxygens (including phenoxy) is 2. The number of anilines is 1. The van der Waals surface area contributed by atoms with Crippen LogP contribution in [0.3, 0.4) is 0 Å². The molecule has 8 heteroatoms. The van der Waals surface area contributed by atoms with Gasteiger partial charge in [-0.2, -0.15) is 0 Å². The van der Waals surface area contributed by atoms with Gasteiger partial charge in [0.1, 0.15) is 10.6 Å². The van der Waals surface area contributed by atoms with E-state index in [1.165, 1.54) is 18.4 Å². The molecular weight excluding hydrogens is 382 g/mol. The number of hydrogen-bond donors (Lipinski definition) is 1. The molecule has 0 aliphatic carbocycles. The van der Waals surface area contributed by atoms with Crippen molar-refractivity contribution in [1.29, 1.82) is 0 Å². The second-order valence-electron chi connectivity index (χ2n) is 6.02. The van der Waals surface area contributed by atoms with E-state index in [4.69, 9.17) is 13.9 Å². The van der Waals surface area contributed by atoms with Gasteiger partial charge < -0.3 is 19.2 Å². The molecule has 142 valence electrons. The third kappa shape index (κ3) is 3.81. The predicted molar refractivity (Wildman–Crippen MR) is 101 cm³/mol. The molecule has 1 aliphatic heterocycles. The first-order valence-electron chi connectivity index (χ1n) is 8.51. The van der Waals surface area contributed by atoms with E-state index in [9.17, 15) is 14.4 Å². The summed E-state index contributed by atoms with van der Waals surface area (Å²) in [7, 11) is 0. The number of carbonyl (C=O) groups excluding carboxylic acids is 3. The molecule has 1 N–H and O–H groups in total. The van der Waals surface area contributed by atoms with Crippen molar-refractivity contribution in [1.82, 2.24) is 0 Å². The van der Waals surface area contributed by atoms with Crippen LogP contribution in [0.25, 0.3) is 0 Å². The van der Waals surface area contributed by atoms with Gasteiger partial charge in [-0.05, 0) is 48.0 Å². The zero-order valence-corrected chi connectivity index (χ0v) is 15.4. The summed E-state index contributed by atoms with van der Waals surface area (Å²) in [5.74, 6) is -0.367. The summed E-state index contributed by atoms with van der Waals surface area (Å²) >= 11 is 1.05. The molecule has 1 aliphatic rings. The van der Waals surface area contributed by atoms with Crippen molar-refractivity contribution in [2.24, 2.45) is 0 Å². The van der Waals surface area contributed by atoms with E-state index in [-0.39, 0.29) is 23.0 Å². The van der Waals surface area contributed by atoms with Crippen molar-refractivity contribution in [2.45, 2.75) is 6.42 Å². The molecule has 3 heterocycles. The van der Waals surface area contributed by atoms with E-state index in [0.29, 0.717) is 17.2 Å². The van der Waals surface area contributed by atoms with E-state index < -0.39 is 11.9 Å². The number of ketones is 1. The summed E-state index contributed by atoms with van der Waals surface area (Å²) in [6, 6.07) is 11.4. The summed E-state index contributed by atoms with van der Waals surface area (Å²) in [6.07, 6.45) is 2.16. The Morgan fingerprint density at radius 3 is 2.86 bits per heavy atom. The minimum absolute atomic E-state index is 0.169. The smallest absolute Gasteiger partial charge is 0.348 e. The topological polar surface area (TPSA) is 94.8 Å². The average molecular weight is 397 g/mol. The van der Waals surface area contributed by atoms with Crippen LogP contribution in [0.5, 0.6) is 5.75 Å². The highest BCUT2D eigenvalue weighted by atomic mass is 32.1. The monoisotopic (exact) mass is 397 g/mol. The molecule has 28 heavy (non-hydrogen) atoms. The summed E-state index contributed by atoms with van der Waals surface area (Å²) in [6.45, 7) is 0.254. The Bertz CT molecular complexity index is 1040. The van der Waals surface area contributed by atoms with Crippen molar-refractivity contribution in [3.8, 4) is 5.75 Å². The lowest BCUT2D eigenvalue weighted by molar-refractivity contribution is 0.0479. The van der Waals surface area contributed by atoms with Gasteiger partial charge in [-0.15, -0.1) is 11.3 Å². The molecule has 0 atom stereocenters. The standard InChI is InChI=1S/C20H15NO6S/c22-14(12-3-4-15-13(10-12)7-9-26-15)11-27-20(24)17-5-6-18(28-17)21-19(23)16-2-1-8-25-16/h1-6,8,10H,7,9,11H2,(H,21,23). The van der Waals surface area contributed by atoms with Gasteiger partial charge >= 0.3 is 5.97 Å². The van der Waals surface area contributed by atoms with Gasteiger partial charge in [0.05, 0.1) is 17.9 Å². The number of rotatable bonds is 6. The molecule has 2 aromatic heterocycles. The van der Waals surface area contributed by atoms with Gasteiger partial charge in [-0.1, -0.05) is 0 Å². The highest BCUT2D eigenvalue weighted by molar-refractivity contribution is 7.18. The molecule has 0 fully saturated rings. The first-order chi connectivity index (χ1) is 13.6. The number of hydrogen-bond acceptors (Lipinski definition) is 7. The minimum atomic E-state index is -0.624. The second kappa shape index (κ2) is 7.69. The summed E-state index contributed by atoms with van der Waals surface area (Å²) in [5, 5.41) is 3.10. The Morgan fingerprint density at radius 1 is 1.14 bits per heavy atom. The summed E-state index contributed by atoms with van der Waals surface area (Å²) in [4.78, 5) is 36.7. The average Bonchev–Trinajstić information content (AvgIpc) is 3.46. The van der Waals surface area contributed by atoms with Gasteiger partial charge in [0, 0.05) is 12.0 Å². The molecule has 0 radical (unpaired) electrons. The quantitative estimate of drug-likeness (QED) is 0.505. The molecule has 1 aromatic carbocycles. The lowest BCUT2D eigenvalue weighted by Gasteiger charge is -2.05. The van der Waals surface area contributed by atoms with Crippen LogP contribution in [0.15, 0.2) is 53.1 Å². The van der Waals surface area contributed by atoms with E-state index in [2.05, 4.69) is 5.32 Å². The van der Waals surface area contributed by atoms with Gasteiger partial charge in [0.25, 0.3) is 5.91 Å². The van der Waals surface area contributed by atoms with Crippen LogP contribution in [0.1, 0.15) is 36.1 Å². The molecule has 4 rings (SSSR count). The number of esters is 1. The molecule has 0 bridgehead atoms. The van der Waals surface area contributed by atoms with E-state index in [1.54, 1.807) is 30.3 Å². The minimum Gasteiger partial charge on any atom is -0.493 e. The maximum absolute atomic E-state index is 12.3. The third-order valence-corrected chi connectivity index (χ3v) is 5.12. The van der Waals surface area contributed by atoms with Crippen LogP contribution in [0.2, 0.25) is 0 Å². The van der Waals surface area contributed by atoms with Crippen LogP contribution in [-0.4, -0.2) is 30.9 Å². The van der Waals surface area contributed by atoms with Gasteiger partial charge in [0.15, 0.2) is 18.2 Å². The Morgan fingerprint density at radius 2 is 2.04 bits per heavy atom. The number of Topliss-reactive ketones (excluding diaryl/α,β-unsaturated/α-hetero) is 1.